The van der Waals surface area contributed by atoms with Gasteiger partial charge in [0.2, 0.25) is 0 Å². The van der Waals surface area contributed by atoms with E-state index in [9.17, 15) is 14.4 Å². The van der Waals surface area contributed by atoms with Crippen LogP contribution in [0.5, 0.6) is 0 Å². The molecule has 0 bridgehead atoms. The fraction of sp³-hybridized carbons (Fsp3) is 0.850. The maximum Gasteiger partial charge on any atom is 0.316 e. The van der Waals surface area contributed by atoms with E-state index < -0.39 is 5.92 Å². The molecule has 0 saturated heterocycles. The normalized spacial score (nSPS) is 11.8. The third-order valence-corrected chi connectivity index (χ3v) is 4.15. The fourth-order valence-corrected chi connectivity index (χ4v) is 2.46. The molecule has 0 heterocycles. The molecule has 5 nitrogen and oxygen atoms in total. The quantitative estimate of drug-likeness (QED) is 0.229. The molecule has 0 aliphatic carbocycles. The highest BCUT2D eigenvalue weighted by molar-refractivity contribution is 5.97. The second kappa shape index (κ2) is 16.1. The summed E-state index contributed by atoms with van der Waals surface area (Å²) in [5, 5.41) is 0. The van der Waals surface area contributed by atoms with E-state index in [2.05, 4.69) is 6.92 Å². The van der Waals surface area contributed by atoms with Crippen molar-refractivity contribution in [3.63, 3.8) is 0 Å². The molecule has 0 aliphatic rings. The molecule has 0 aliphatic heterocycles. The molecule has 1 unspecified atom stereocenters. The van der Waals surface area contributed by atoms with Crippen LogP contribution in [-0.4, -0.2) is 30.9 Å². The molecule has 0 fully saturated rings. The summed E-state index contributed by atoms with van der Waals surface area (Å²) < 4.78 is 10.3. The Morgan fingerprint density at radius 3 is 1.92 bits per heavy atom. The molecule has 0 rings (SSSR count). The summed E-state index contributed by atoms with van der Waals surface area (Å²) in [5.74, 6) is -1.22. The molecule has 0 aromatic carbocycles. The van der Waals surface area contributed by atoms with Gasteiger partial charge in [-0.05, 0) is 32.6 Å². The van der Waals surface area contributed by atoms with Gasteiger partial charge >= 0.3 is 11.9 Å². The van der Waals surface area contributed by atoms with Crippen molar-refractivity contribution in [2.75, 3.05) is 13.2 Å². The summed E-state index contributed by atoms with van der Waals surface area (Å²) in [6.07, 6.45) is 9.35. The predicted molar refractivity (Wildman–Crippen MR) is 98.2 cm³/mol. The van der Waals surface area contributed by atoms with Crippen LogP contribution in [0, 0.1) is 5.92 Å². The minimum Gasteiger partial charge on any atom is -0.466 e. The molecule has 0 aromatic heterocycles. The van der Waals surface area contributed by atoms with E-state index in [-0.39, 0.29) is 17.7 Å². The number of Topliss-reactive ketones (excluding diaryl/α,β-unsaturated/α-hetero) is 1. The van der Waals surface area contributed by atoms with Gasteiger partial charge in [0.05, 0.1) is 13.2 Å². The summed E-state index contributed by atoms with van der Waals surface area (Å²) in [7, 11) is 0. The molecule has 0 N–H and O–H groups in total. The Morgan fingerprint density at radius 2 is 1.32 bits per heavy atom. The zero-order valence-corrected chi connectivity index (χ0v) is 16.3. The van der Waals surface area contributed by atoms with Crippen LogP contribution >= 0.6 is 0 Å². The Labute approximate surface area is 152 Å². The van der Waals surface area contributed by atoms with Gasteiger partial charge in [-0.25, -0.2) is 0 Å². The fourth-order valence-electron chi connectivity index (χ4n) is 2.46. The van der Waals surface area contributed by atoms with E-state index in [4.69, 9.17) is 9.47 Å². The van der Waals surface area contributed by atoms with Gasteiger partial charge in [0.15, 0.2) is 0 Å². The Balaban J connectivity index is 3.73. The minimum atomic E-state index is -0.620. The van der Waals surface area contributed by atoms with Crippen LogP contribution in [0.15, 0.2) is 0 Å². The smallest absolute Gasteiger partial charge is 0.316 e. The zero-order chi connectivity index (χ0) is 18.9. The number of hydrogen-bond acceptors (Lipinski definition) is 5. The van der Waals surface area contributed by atoms with Crippen molar-refractivity contribution in [1.29, 1.82) is 0 Å². The number of carbonyl (C=O) groups excluding carboxylic acids is 3. The van der Waals surface area contributed by atoms with Gasteiger partial charge < -0.3 is 9.47 Å². The molecule has 5 heteroatoms. The van der Waals surface area contributed by atoms with Gasteiger partial charge in [0, 0.05) is 6.42 Å². The summed E-state index contributed by atoms with van der Waals surface area (Å²) in [5.41, 5.74) is 0. The molecule has 1 atom stereocenters. The van der Waals surface area contributed by atoms with Crippen molar-refractivity contribution in [3.05, 3.63) is 0 Å². The van der Waals surface area contributed by atoms with Crippen molar-refractivity contribution in [1.82, 2.24) is 0 Å². The van der Waals surface area contributed by atoms with Gasteiger partial charge in [0.1, 0.15) is 11.7 Å². The molecular formula is C20H36O5. The maximum atomic E-state index is 11.9. The second-order valence-corrected chi connectivity index (χ2v) is 6.56. The van der Waals surface area contributed by atoms with Crippen molar-refractivity contribution in [3.8, 4) is 0 Å². The number of ketones is 1. The highest BCUT2D eigenvalue weighted by Crippen LogP contribution is 2.15. The maximum absolute atomic E-state index is 11.9. The van der Waals surface area contributed by atoms with E-state index in [1.165, 1.54) is 6.92 Å². The second-order valence-electron chi connectivity index (χ2n) is 6.56. The van der Waals surface area contributed by atoms with Gasteiger partial charge in [-0.15, -0.1) is 0 Å². The Morgan fingerprint density at radius 1 is 0.760 bits per heavy atom. The lowest BCUT2D eigenvalue weighted by molar-refractivity contribution is -0.152. The molecule has 146 valence electrons. The lowest BCUT2D eigenvalue weighted by Crippen LogP contribution is -2.24. The first kappa shape index (κ1) is 23.6. The Kier molecular flexibility index (Phi) is 15.2. The lowest BCUT2D eigenvalue weighted by Gasteiger charge is -2.13. The van der Waals surface area contributed by atoms with Crippen LogP contribution < -0.4 is 0 Å². The Bertz CT molecular complexity index is 378. The van der Waals surface area contributed by atoms with Crippen molar-refractivity contribution in [2.45, 2.75) is 91.4 Å². The molecular weight excluding hydrogens is 320 g/mol. The summed E-state index contributed by atoms with van der Waals surface area (Å²) in [6.45, 7) is 6.47. The molecule has 0 aromatic rings. The van der Waals surface area contributed by atoms with Crippen LogP contribution in [0.3, 0.4) is 0 Å². The topological polar surface area (TPSA) is 69.7 Å². The van der Waals surface area contributed by atoms with E-state index in [0.717, 1.165) is 57.8 Å². The largest absolute Gasteiger partial charge is 0.466 e. The van der Waals surface area contributed by atoms with E-state index in [1.54, 1.807) is 0 Å². The van der Waals surface area contributed by atoms with Gasteiger partial charge in [-0.2, -0.15) is 0 Å². The molecule has 0 saturated carbocycles. The van der Waals surface area contributed by atoms with Gasteiger partial charge in [-0.1, -0.05) is 52.4 Å². The number of hydrogen-bond donors (Lipinski definition) is 0. The Hall–Kier alpha value is -1.39. The van der Waals surface area contributed by atoms with Gasteiger partial charge in [0.25, 0.3) is 0 Å². The first-order chi connectivity index (χ1) is 12.0. The zero-order valence-electron chi connectivity index (χ0n) is 16.3. The SMILES string of the molecule is CCCCOC(=O)CCCCCCCC(C(C)=O)C(=O)OCCCC. The van der Waals surface area contributed by atoms with E-state index in [0.29, 0.717) is 26.1 Å². The monoisotopic (exact) mass is 356 g/mol. The lowest BCUT2D eigenvalue weighted by atomic mass is 9.97. The number of rotatable bonds is 16. The summed E-state index contributed by atoms with van der Waals surface area (Å²) in [4.78, 5) is 35.0. The first-order valence-corrected chi connectivity index (χ1v) is 9.85. The van der Waals surface area contributed by atoms with Crippen LogP contribution in [0.2, 0.25) is 0 Å². The van der Waals surface area contributed by atoms with E-state index in [1.807, 2.05) is 6.92 Å². The number of ether oxygens (including phenoxy) is 2. The van der Waals surface area contributed by atoms with Gasteiger partial charge in [-0.3, -0.25) is 14.4 Å². The van der Waals surface area contributed by atoms with Crippen LogP contribution in [0.1, 0.15) is 91.4 Å². The van der Waals surface area contributed by atoms with Crippen molar-refractivity contribution in [2.24, 2.45) is 5.92 Å². The number of unbranched alkanes of at least 4 members (excludes halogenated alkanes) is 6. The number of carbonyl (C=O) groups is 3. The predicted octanol–water partition coefficient (Wildman–Crippen LogP) is 4.61. The third kappa shape index (κ3) is 13.6. The minimum absolute atomic E-state index is 0.111. The van der Waals surface area contributed by atoms with Crippen molar-refractivity contribution >= 4 is 17.7 Å². The standard InChI is InChI=1S/C20H36O5/c1-4-6-15-24-19(22)14-12-10-8-9-11-13-18(17(3)21)20(23)25-16-7-5-2/h18H,4-16H2,1-3H3. The molecule has 0 spiro atoms. The summed E-state index contributed by atoms with van der Waals surface area (Å²) >= 11 is 0. The van der Waals surface area contributed by atoms with Crippen LogP contribution in [-0.2, 0) is 23.9 Å². The van der Waals surface area contributed by atoms with Crippen LogP contribution in [0.25, 0.3) is 0 Å². The van der Waals surface area contributed by atoms with Crippen molar-refractivity contribution < 1.29 is 23.9 Å². The molecule has 0 amide bonds. The molecule has 0 radical (unpaired) electrons. The van der Waals surface area contributed by atoms with Crippen LogP contribution in [0.4, 0.5) is 0 Å². The third-order valence-electron chi connectivity index (χ3n) is 4.15. The molecule has 25 heavy (non-hydrogen) atoms. The van der Waals surface area contributed by atoms with E-state index >= 15 is 0 Å². The summed E-state index contributed by atoms with van der Waals surface area (Å²) in [6, 6.07) is 0. The first-order valence-electron chi connectivity index (χ1n) is 9.85. The highest BCUT2D eigenvalue weighted by Gasteiger charge is 2.24. The average molecular weight is 357 g/mol. The highest BCUT2D eigenvalue weighted by atomic mass is 16.5. The number of esters is 2. The average Bonchev–Trinajstić information content (AvgIpc) is 2.57.